The van der Waals surface area contributed by atoms with Gasteiger partial charge in [-0.05, 0) is 25.0 Å². The average Bonchev–Trinajstić information content (AvgIpc) is 3.07. The average molecular weight is 386 g/mol. The molecule has 0 radical (unpaired) electrons. The molecule has 0 aliphatic carbocycles. The minimum Gasteiger partial charge on any atom is -0.378 e. The van der Waals surface area contributed by atoms with Crippen LogP contribution in [0.25, 0.3) is 11.0 Å². The molecule has 3 rings (SSSR count). The van der Waals surface area contributed by atoms with Gasteiger partial charge in [0.15, 0.2) is 0 Å². The number of aromatic nitrogens is 2. The Morgan fingerprint density at radius 2 is 1.89 bits per heavy atom. The Morgan fingerprint density at radius 1 is 1.18 bits per heavy atom. The number of nitrogens with zero attached hydrogens (tertiary/aromatic N) is 3. The van der Waals surface area contributed by atoms with Crippen molar-refractivity contribution < 1.29 is 14.3 Å². The van der Waals surface area contributed by atoms with Crippen LogP contribution in [0.15, 0.2) is 24.3 Å². The van der Waals surface area contributed by atoms with Crippen molar-refractivity contribution in [3.8, 4) is 0 Å². The number of morpholine rings is 1. The van der Waals surface area contributed by atoms with Crippen LogP contribution in [0.3, 0.4) is 0 Å². The van der Waals surface area contributed by atoms with E-state index in [2.05, 4.69) is 5.32 Å². The summed E-state index contributed by atoms with van der Waals surface area (Å²) >= 11 is 0. The third kappa shape index (κ3) is 4.70. The van der Waals surface area contributed by atoms with Gasteiger partial charge in [-0.1, -0.05) is 26.0 Å². The number of hydrogen-bond donors (Lipinski definition) is 1. The van der Waals surface area contributed by atoms with Crippen molar-refractivity contribution in [2.24, 2.45) is 5.92 Å². The number of amides is 2. The van der Waals surface area contributed by atoms with Gasteiger partial charge in [-0.2, -0.15) is 0 Å². The molecule has 0 unspecified atom stereocenters. The molecule has 1 aromatic heterocycles. The molecule has 0 bridgehead atoms. The van der Waals surface area contributed by atoms with Crippen molar-refractivity contribution in [1.29, 1.82) is 0 Å². The fourth-order valence-corrected chi connectivity index (χ4v) is 3.64. The van der Waals surface area contributed by atoms with Crippen LogP contribution in [0.4, 0.5) is 0 Å². The third-order valence-electron chi connectivity index (χ3n) is 5.39. The first-order valence-electron chi connectivity index (χ1n) is 10.2. The van der Waals surface area contributed by atoms with Crippen molar-refractivity contribution in [3.05, 3.63) is 30.1 Å². The zero-order valence-electron chi connectivity index (χ0n) is 16.8. The Morgan fingerprint density at radius 3 is 2.61 bits per heavy atom. The Balaban J connectivity index is 1.71. The largest absolute Gasteiger partial charge is 0.378 e. The highest BCUT2D eigenvalue weighted by molar-refractivity contribution is 5.81. The van der Waals surface area contributed by atoms with E-state index in [9.17, 15) is 9.59 Å². The van der Waals surface area contributed by atoms with Crippen LogP contribution in [0.2, 0.25) is 0 Å². The quantitative estimate of drug-likeness (QED) is 0.753. The second-order valence-corrected chi connectivity index (χ2v) is 7.15. The third-order valence-corrected chi connectivity index (χ3v) is 5.39. The summed E-state index contributed by atoms with van der Waals surface area (Å²) in [6.07, 6.45) is 2.28. The van der Waals surface area contributed by atoms with Crippen LogP contribution >= 0.6 is 0 Å². The molecule has 2 aromatic rings. The number of carbonyl (C=O) groups excluding carboxylic acids is 2. The highest BCUT2D eigenvalue weighted by atomic mass is 16.5. The minimum atomic E-state index is 0.0571. The fourth-order valence-electron chi connectivity index (χ4n) is 3.64. The van der Waals surface area contributed by atoms with Crippen molar-refractivity contribution in [3.63, 3.8) is 0 Å². The van der Waals surface area contributed by atoms with Gasteiger partial charge >= 0.3 is 0 Å². The molecule has 1 aliphatic rings. The predicted octanol–water partition coefficient (Wildman–Crippen LogP) is 1.99. The maximum atomic E-state index is 12.8. The SMILES string of the molecule is CCC(CC)C(=O)NCCc1nc2ccccc2n1CC(=O)N1CCOCC1. The first kappa shape index (κ1) is 20.3. The molecule has 1 aliphatic heterocycles. The molecule has 1 aromatic carbocycles. The van der Waals surface area contributed by atoms with Gasteiger partial charge in [-0.3, -0.25) is 9.59 Å². The lowest BCUT2D eigenvalue weighted by molar-refractivity contribution is -0.135. The molecule has 0 saturated carbocycles. The number of fused-ring (bicyclic) bond motifs is 1. The van der Waals surface area contributed by atoms with Crippen molar-refractivity contribution in [1.82, 2.24) is 19.8 Å². The molecular formula is C21H30N4O3. The van der Waals surface area contributed by atoms with Crippen LogP contribution in [0.5, 0.6) is 0 Å². The zero-order chi connectivity index (χ0) is 19.9. The van der Waals surface area contributed by atoms with E-state index < -0.39 is 0 Å². The molecule has 0 atom stereocenters. The van der Waals surface area contributed by atoms with E-state index in [1.54, 1.807) is 0 Å². The van der Waals surface area contributed by atoms with Gasteiger partial charge in [0.1, 0.15) is 12.4 Å². The molecular weight excluding hydrogens is 356 g/mol. The number of ether oxygens (including phenoxy) is 1. The highest BCUT2D eigenvalue weighted by Crippen LogP contribution is 2.17. The molecule has 2 amide bonds. The van der Waals surface area contributed by atoms with E-state index in [4.69, 9.17) is 9.72 Å². The standard InChI is InChI=1S/C21H30N4O3/c1-3-16(4-2)21(27)22-10-9-19-23-17-7-5-6-8-18(17)25(19)15-20(26)24-11-13-28-14-12-24/h5-8,16H,3-4,9-15H2,1-2H3,(H,22,27). The van der Waals surface area contributed by atoms with Crippen LogP contribution < -0.4 is 5.32 Å². The Kier molecular flexibility index (Phi) is 7.03. The number of hydrogen-bond acceptors (Lipinski definition) is 4. The Labute approximate surface area is 166 Å². The van der Waals surface area contributed by atoms with E-state index in [0.717, 1.165) is 29.7 Å². The molecule has 0 spiro atoms. The van der Waals surface area contributed by atoms with Crippen LogP contribution in [-0.4, -0.2) is 59.1 Å². The maximum Gasteiger partial charge on any atom is 0.242 e. The Hall–Kier alpha value is -2.41. The number of benzene rings is 1. The first-order chi connectivity index (χ1) is 13.6. The zero-order valence-corrected chi connectivity index (χ0v) is 16.8. The second kappa shape index (κ2) is 9.68. The lowest BCUT2D eigenvalue weighted by Gasteiger charge is -2.27. The van der Waals surface area contributed by atoms with Gasteiger partial charge in [0.05, 0.1) is 24.2 Å². The molecule has 152 valence electrons. The fraction of sp³-hybridized carbons (Fsp3) is 0.571. The number of rotatable bonds is 8. The summed E-state index contributed by atoms with van der Waals surface area (Å²) in [6, 6.07) is 7.85. The number of imidazole rings is 1. The van der Waals surface area contributed by atoms with Gasteiger partial charge in [0.2, 0.25) is 11.8 Å². The molecule has 28 heavy (non-hydrogen) atoms. The topological polar surface area (TPSA) is 76.5 Å². The van der Waals surface area contributed by atoms with E-state index in [0.29, 0.717) is 39.3 Å². The van der Waals surface area contributed by atoms with Crippen molar-refractivity contribution in [2.75, 3.05) is 32.8 Å². The lowest BCUT2D eigenvalue weighted by Crippen LogP contribution is -2.42. The summed E-state index contributed by atoms with van der Waals surface area (Å²) in [7, 11) is 0. The van der Waals surface area contributed by atoms with E-state index in [1.165, 1.54) is 0 Å². The lowest BCUT2D eigenvalue weighted by atomic mass is 10.0. The number of carbonyl (C=O) groups is 2. The Bertz CT molecular complexity index is 807. The van der Waals surface area contributed by atoms with Crippen LogP contribution in [0, 0.1) is 5.92 Å². The summed E-state index contributed by atoms with van der Waals surface area (Å²) in [4.78, 5) is 31.5. The number of nitrogens with one attached hydrogen (secondary N) is 1. The van der Waals surface area contributed by atoms with E-state index in [-0.39, 0.29) is 24.3 Å². The molecule has 1 fully saturated rings. The first-order valence-corrected chi connectivity index (χ1v) is 10.2. The summed E-state index contributed by atoms with van der Waals surface area (Å²) in [5.41, 5.74) is 1.82. The predicted molar refractivity (Wildman–Crippen MR) is 108 cm³/mol. The van der Waals surface area contributed by atoms with E-state index in [1.807, 2.05) is 47.6 Å². The molecule has 7 nitrogen and oxygen atoms in total. The van der Waals surface area contributed by atoms with Gasteiger partial charge in [0.25, 0.3) is 0 Å². The minimum absolute atomic E-state index is 0.0571. The van der Waals surface area contributed by atoms with Crippen molar-refractivity contribution in [2.45, 2.75) is 39.7 Å². The van der Waals surface area contributed by atoms with Crippen LogP contribution in [-0.2, 0) is 27.3 Å². The van der Waals surface area contributed by atoms with Crippen molar-refractivity contribution >= 4 is 22.8 Å². The monoisotopic (exact) mass is 386 g/mol. The molecule has 7 heteroatoms. The van der Waals surface area contributed by atoms with Gasteiger partial charge in [0, 0.05) is 32.0 Å². The van der Waals surface area contributed by atoms with Gasteiger partial charge < -0.3 is 19.5 Å². The smallest absolute Gasteiger partial charge is 0.242 e. The highest BCUT2D eigenvalue weighted by Gasteiger charge is 2.20. The van der Waals surface area contributed by atoms with E-state index >= 15 is 0 Å². The van der Waals surface area contributed by atoms with Gasteiger partial charge in [-0.25, -0.2) is 4.98 Å². The van der Waals surface area contributed by atoms with Crippen LogP contribution in [0.1, 0.15) is 32.5 Å². The summed E-state index contributed by atoms with van der Waals surface area (Å²) < 4.78 is 7.32. The molecule has 2 heterocycles. The summed E-state index contributed by atoms with van der Waals surface area (Å²) in [6.45, 7) is 7.28. The van der Waals surface area contributed by atoms with Gasteiger partial charge in [-0.15, -0.1) is 0 Å². The molecule has 1 N–H and O–H groups in total. The summed E-state index contributed by atoms with van der Waals surface area (Å²) in [5.74, 6) is 1.06. The maximum absolute atomic E-state index is 12.8. The normalized spacial score (nSPS) is 14.6. The second-order valence-electron chi connectivity index (χ2n) is 7.15. The number of para-hydroxylation sites is 2. The summed E-state index contributed by atoms with van der Waals surface area (Å²) in [5, 5.41) is 3.02. The molecule has 1 saturated heterocycles.